The van der Waals surface area contributed by atoms with Gasteiger partial charge in [0, 0.05) is 25.0 Å². The molecule has 2 amide bonds. The van der Waals surface area contributed by atoms with Gasteiger partial charge in [0.05, 0.1) is 11.8 Å². The summed E-state index contributed by atoms with van der Waals surface area (Å²) in [5, 5.41) is 12.0. The normalized spacial score (nSPS) is 22.1. The van der Waals surface area contributed by atoms with Gasteiger partial charge in [-0.2, -0.15) is 0 Å². The molecule has 2 N–H and O–H groups in total. The highest BCUT2D eigenvalue weighted by molar-refractivity contribution is 5.84. The Morgan fingerprint density at radius 1 is 0.939 bits per heavy atom. The highest BCUT2D eigenvalue weighted by Gasteiger charge is 2.41. The lowest BCUT2D eigenvalue weighted by molar-refractivity contribution is -0.155. The molecule has 33 heavy (non-hydrogen) atoms. The second-order valence-corrected chi connectivity index (χ2v) is 9.25. The first kappa shape index (κ1) is 21.5. The Balaban J connectivity index is 1.21. The zero-order chi connectivity index (χ0) is 22.9. The van der Waals surface area contributed by atoms with E-state index in [1.54, 1.807) is 4.90 Å². The van der Waals surface area contributed by atoms with Crippen LogP contribution in [0.3, 0.4) is 0 Å². The zero-order valence-electron chi connectivity index (χ0n) is 18.4. The summed E-state index contributed by atoms with van der Waals surface area (Å²) in [6.45, 7) is 0.738. The van der Waals surface area contributed by atoms with Crippen LogP contribution < -0.4 is 5.32 Å². The molecular formula is C26H28N2O5. The van der Waals surface area contributed by atoms with Crippen molar-refractivity contribution in [2.75, 3.05) is 19.7 Å². The molecule has 7 heteroatoms. The Hall–Kier alpha value is -3.35. The predicted octanol–water partition coefficient (Wildman–Crippen LogP) is 3.63. The van der Waals surface area contributed by atoms with E-state index >= 15 is 0 Å². The van der Waals surface area contributed by atoms with E-state index in [4.69, 9.17) is 9.84 Å². The number of carbonyl (C=O) groups excluding carboxylic acids is 2. The summed E-state index contributed by atoms with van der Waals surface area (Å²) in [7, 11) is 0. The van der Waals surface area contributed by atoms with Crippen LogP contribution >= 0.6 is 0 Å². The number of benzene rings is 2. The first-order chi connectivity index (χ1) is 16.0. The lowest BCUT2D eigenvalue weighted by Gasteiger charge is -2.41. The molecule has 1 heterocycles. The fourth-order valence-corrected chi connectivity index (χ4v) is 5.44. The van der Waals surface area contributed by atoms with Gasteiger partial charge in [-0.25, -0.2) is 4.79 Å². The minimum atomic E-state index is -0.865. The molecule has 0 radical (unpaired) electrons. The van der Waals surface area contributed by atoms with E-state index in [-0.39, 0.29) is 43.5 Å². The van der Waals surface area contributed by atoms with Gasteiger partial charge in [0.1, 0.15) is 6.61 Å². The number of hydrogen-bond donors (Lipinski definition) is 2. The summed E-state index contributed by atoms with van der Waals surface area (Å²) in [5.41, 5.74) is 4.66. The molecule has 3 aliphatic rings. The molecule has 2 atom stereocenters. The van der Waals surface area contributed by atoms with E-state index in [1.807, 2.05) is 24.3 Å². The average Bonchev–Trinajstić information content (AvgIpc) is 3.10. The van der Waals surface area contributed by atoms with Gasteiger partial charge in [0.2, 0.25) is 5.91 Å². The minimum absolute atomic E-state index is 0.0130. The van der Waals surface area contributed by atoms with Crippen LogP contribution in [0.2, 0.25) is 0 Å². The number of hydrogen-bond acceptors (Lipinski definition) is 4. The number of likely N-dealkylation sites (tertiary alicyclic amines) is 1. The predicted molar refractivity (Wildman–Crippen MR) is 122 cm³/mol. The van der Waals surface area contributed by atoms with Crippen LogP contribution in [0.15, 0.2) is 48.5 Å². The number of carboxylic acid groups (broad SMARTS) is 1. The minimum Gasteiger partial charge on any atom is -0.481 e. The van der Waals surface area contributed by atoms with Gasteiger partial charge in [0.25, 0.3) is 0 Å². The molecule has 7 nitrogen and oxygen atoms in total. The lowest BCUT2D eigenvalue weighted by Crippen LogP contribution is -2.58. The molecule has 2 aromatic carbocycles. The van der Waals surface area contributed by atoms with Crippen molar-refractivity contribution in [3.63, 3.8) is 0 Å². The molecule has 1 saturated heterocycles. The van der Waals surface area contributed by atoms with E-state index < -0.39 is 18.0 Å². The number of carboxylic acids is 1. The van der Waals surface area contributed by atoms with Gasteiger partial charge in [-0.3, -0.25) is 9.59 Å². The molecule has 2 fully saturated rings. The highest BCUT2D eigenvalue weighted by Crippen LogP contribution is 2.44. The third-order valence-electron chi connectivity index (χ3n) is 7.27. The third kappa shape index (κ3) is 4.08. The van der Waals surface area contributed by atoms with Crippen LogP contribution in [0.5, 0.6) is 0 Å². The Morgan fingerprint density at radius 2 is 1.55 bits per heavy atom. The summed E-state index contributed by atoms with van der Waals surface area (Å²) < 4.78 is 5.67. The standard InChI is InChI=1S/C26H28N2O5/c29-24(28-13-16(14-28)25(30)31)21-11-5-6-12-23(21)27-26(32)33-15-22-19-9-3-1-7-17(19)18-8-2-4-10-20(18)22/h1-4,7-10,16,21-23H,5-6,11-15H2,(H,27,32)(H,30,31). The molecule has 0 bridgehead atoms. The Kier molecular flexibility index (Phi) is 5.79. The van der Waals surface area contributed by atoms with Crippen molar-refractivity contribution in [3.05, 3.63) is 59.7 Å². The molecule has 2 aromatic rings. The monoisotopic (exact) mass is 448 g/mol. The molecule has 2 aliphatic carbocycles. The van der Waals surface area contributed by atoms with E-state index in [0.29, 0.717) is 6.42 Å². The fraction of sp³-hybridized carbons (Fsp3) is 0.423. The molecule has 0 spiro atoms. The second kappa shape index (κ2) is 8.89. The van der Waals surface area contributed by atoms with Crippen molar-refractivity contribution in [3.8, 4) is 11.1 Å². The topological polar surface area (TPSA) is 95.9 Å². The van der Waals surface area contributed by atoms with Crippen molar-refractivity contribution in [1.29, 1.82) is 0 Å². The van der Waals surface area contributed by atoms with Crippen LogP contribution in [0, 0.1) is 11.8 Å². The highest BCUT2D eigenvalue weighted by atomic mass is 16.5. The van der Waals surface area contributed by atoms with Crippen molar-refractivity contribution in [2.24, 2.45) is 11.8 Å². The maximum Gasteiger partial charge on any atom is 0.407 e. The summed E-state index contributed by atoms with van der Waals surface area (Å²) in [6, 6.07) is 16.1. The van der Waals surface area contributed by atoms with Crippen LogP contribution in [0.1, 0.15) is 42.7 Å². The van der Waals surface area contributed by atoms with E-state index in [9.17, 15) is 14.4 Å². The molecule has 5 rings (SSSR count). The number of nitrogens with one attached hydrogen (secondary N) is 1. The van der Waals surface area contributed by atoms with Crippen molar-refractivity contribution >= 4 is 18.0 Å². The fourth-order valence-electron chi connectivity index (χ4n) is 5.44. The summed E-state index contributed by atoms with van der Waals surface area (Å²) in [4.78, 5) is 38.3. The van der Waals surface area contributed by atoms with Crippen molar-refractivity contribution in [2.45, 2.75) is 37.6 Å². The van der Waals surface area contributed by atoms with Gasteiger partial charge < -0.3 is 20.1 Å². The molecule has 1 saturated carbocycles. The van der Waals surface area contributed by atoms with E-state index in [0.717, 1.165) is 30.4 Å². The molecule has 172 valence electrons. The largest absolute Gasteiger partial charge is 0.481 e. The lowest BCUT2D eigenvalue weighted by atomic mass is 9.82. The van der Waals surface area contributed by atoms with Gasteiger partial charge >= 0.3 is 12.1 Å². The second-order valence-electron chi connectivity index (χ2n) is 9.25. The first-order valence-electron chi connectivity index (χ1n) is 11.7. The number of ether oxygens (including phenoxy) is 1. The van der Waals surface area contributed by atoms with Gasteiger partial charge in [-0.15, -0.1) is 0 Å². The summed E-state index contributed by atoms with van der Waals surface area (Å²) >= 11 is 0. The number of rotatable bonds is 5. The quantitative estimate of drug-likeness (QED) is 0.728. The number of nitrogens with zero attached hydrogens (tertiary/aromatic N) is 1. The van der Waals surface area contributed by atoms with E-state index in [1.165, 1.54) is 11.1 Å². The van der Waals surface area contributed by atoms with Crippen LogP contribution in [-0.4, -0.2) is 53.7 Å². The van der Waals surface area contributed by atoms with Crippen LogP contribution in [0.4, 0.5) is 4.79 Å². The zero-order valence-corrected chi connectivity index (χ0v) is 18.4. The SMILES string of the molecule is O=C(NC1CCCCC1C(=O)N1CC(C(=O)O)C1)OCC1c2ccccc2-c2ccccc21. The maximum atomic E-state index is 12.9. The summed E-state index contributed by atoms with van der Waals surface area (Å²) in [5.74, 6) is -1.74. The molecule has 1 aliphatic heterocycles. The van der Waals surface area contributed by atoms with Gasteiger partial charge in [-0.05, 0) is 35.1 Å². The number of aliphatic carboxylic acids is 1. The average molecular weight is 449 g/mol. The summed E-state index contributed by atoms with van der Waals surface area (Å²) in [6.07, 6.45) is 2.78. The smallest absolute Gasteiger partial charge is 0.407 e. The number of alkyl carbamates (subject to hydrolysis) is 1. The third-order valence-corrected chi connectivity index (χ3v) is 7.27. The van der Waals surface area contributed by atoms with E-state index in [2.05, 4.69) is 29.6 Å². The Morgan fingerprint density at radius 3 is 2.18 bits per heavy atom. The van der Waals surface area contributed by atoms with Crippen molar-refractivity contribution in [1.82, 2.24) is 10.2 Å². The number of fused-ring (bicyclic) bond motifs is 3. The molecular weight excluding hydrogens is 420 g/mol. The first-order valence-corrected chi connectivity index (χ1v) is 11.7. The maximum absolute atomic E-state index is 12.9. The van der Waals surface area contributed by atoms with Crippen molar-refractivity contribution < 1.29 is 24.2 Å². The Bertz CT molecular complexity index is 1030. The Labute approximate surface area is 192 Å². The van der Waals surface area contributed by atoms with Crippen LogP contribution in [-0.2, 0) is 14.3 Å². The van der Waals surface area contributed by atoms with Gasteiger partial charge in [-0.1, -0.05) is 61.4 Å². The molecule has 0 aromatic heterocycles. The van der Waals surface area contributed by atoms with Gasteiger partial charge in [0.15, 0.2) is 0 Å². The number of carbonyl (C=O) groups is 3. The number of amides is 2. The molecule has 2 unspecified atom stereocenters. The van der Waals surface area contributed by atoms with Crippen LogP contribution in [0.25, 0.3) is 11.1 Å².